The second-order valence-corrected chi connectivity index (χ2v) is 5.33. The molecule has 0 amide bonds. The standard InChI is InChI=1S/C13H6BrFNOS/c14-11-10(17)6-5-8-12(16-18-13(8)11)7-3-1-2-4-9(7)15/h1-6H. The van der Waals surface area contributed by atoms with Gasteiger partial charge in [-0.2, -0.15) is 4.37 Å². The SMILES string of the molecule is [O]c1ccc2c(-c3ccccc3F)nsc2c1Br. The zero-order valence-corrected chi connectivity index (χ0v) is 11.4. The maximum absolute atomic E-state index is 13.8. The van der Waals surface area contributed by atoms with Gasteiger partial charge in [0.25, 0.3) is 0 Å². The average Bonchev–Trinajstić information content (AvgIpc) is 2.79. The Morgan fingerprint density at radius 3 is 2.72 bits per heavy atom. The molecule has 18 heavy (non-hydrogen) atoms. The van der Waals surface area contributed by atoms with Crippen LogP contribution in [0.3, 0.4) is 0 Å². The van der Waals surface area contributed by atoms with E-state index in [1.54, 1.807) is 24.3 Å². The number of fused-ring (bicyclic) bond motifs is 1. The highest BCUT2D eigenvalue weighted by atomic mass is 79.9. The molecule has 1 radical (unpaired) electrons. The van der Waals surface area contributed by atoms with E-state index in [1.807, 2.05) is 0 Å². The van der Waals surface area contributed by atoms with E-state index < -0.39 is 0 Å². The van der Waals surface area contributed by atoms with Gasteiger partial charge in [0.05, 0.1) is 14.9 Å². The Morgan fingerprint density at radius 1 is 1.17 bits per heavy atom. The normalized spacial score (nSPS) is 11.0. The molecule has 0 saturated carbocycles. The first-order valence-corrected chi connectivity index (χ1v) is 6.75. The van der Waals surface area contributed by atoms with Crippen LogP contribution in [0.2, 0.25) is 0 Å². The fraction of sp³-hybridized carbons (Fsp3) is 0. The van der Waals surface area contributed by atoms with E-state index in [-0.39, 0.29) is 11.6 Å². The summed E-state index contributed by atoms with van der Waals surface area (Å²) in [6.45, 7) is 0. The number of rotatable bonds is 1. The van der Waals surface area contributed by atoms with Gasteiger partial charge in [-0.05, 0) is 51.7 Å². The van der Waals surface area contributed by atoms with Gasteiger partial charge in [-0.1, -0.05) is 12.1 Å². The number of benzene rings is 2. The fourth-order valence-electron chi connectivity index (χ4n) is 1.80. The minimum Gasteiger partial charge on any atom is -0.289 e. The molecule has 2 nitrogen and oxygen atoms in total. The van der Waals surface area contributed by atoms with E-state index in [2.05, 4.69) is 20.3 Å². The topological polar surface area (TPSA) is 32.8 Å². The van der Waals surface area contributed by atoms with E-state index in [1.165, 1.54) is 23.7 Å². The van der Waals surface area contributed by atoms with Crippen LogP contribution in [0, 0.1) is 5.82 Å². The Bertz CT molecular complexity index is 741. The number of aromatic nitrogens is 1. The van der Waals surface area contributed by atoms with Gasteiger partial charge >= 0.3 is 0 Å². The lowest BCUT2D eigenvalue weighted by atomic mass is 10.1. The van der Waals surface area contributed by atoms with Gasteiger partial charge in [-0.15, -0.1) is 0 Å². The zero-order valence-electron chi connectivity index (χ0n) is 8.98. The van der Waals surface area contributed by atoms with Gasteiger partial charge in [0.2, 0.25) is 0 Å². The highest BCUT2D eigenvalue weighted by molar-refractivity contribution is 9.10. The van der Waals surface area contributed by atoms with Crippen LogP contribution in [0.1, 0.15) is 0 Å². The third kappa shape index (κ3) is 1.71. The Hall–Kier alpha value is -1.46. The van der Waals surface area contributed by atoms with Crippen LogP contribution in [0.5, 0.6) is 5.75 Å². The van der Waals surface area contributed by atoms with Crippen LogP contribution in [0.25, 0.3) is 21.3 Å². The van der Waals surface area contributed by atoms with Crippen molar-refractivity contribution in [3.05, 3.63) is 46.7 Å². The predicted octanol–water partition coefficient (Wildman–Crippen LogP) is 5.01. The maximum Gasteiger partial charge on any atom is 0.194 e. The number of halogens is 2. The van der Waals surface area contributed by atoms with E-state index >= 15 is 0 Å². The maximum atomic E-state index is 13.8. The van der Waals surface area contributed by atoms with Crippen LogP contribution in [0.4, 0.5) is 4.39 Å². The van der Waals surface area contributed by atoms with Crippen molar-refractivity contribution in [1.82, 2.24) is 4.37 Å². The highest BCUT2D eigenvalue weighted by Gasteiger charge is 2.15. The Balaban J connectivity index is 2.32. The van der Waals surface area contributed by atoms with Gasteiger partial charge in [-0.25, -0.2) is 4.39 Å². The predicted molar refractivity (Wildman–Crippen MR) is 72.8 cm³/mol. The summed E-state index contributed by atoms with van der Waals surface area (Å²) in [5.74, 6) is -0.404. The van der Waals surface area contributed by atoms with Crippen LogP contribution < -0.4 is 0 Å². The molecule has 1 aromatic heterocycles. The average molecular weight is 323 g/mol. The van der Waals surface area contributed by atoms with Gasteiger partial charge in [-0.3, -0.25) is 5.11 Å². The second-order valence-electron chi connectivity index (χ2n) is 3.77. The molecule has 2 aromatic carbocycles. The van der Waals surface area contributed by atoms with Crippen molar-refractivity contribution in [2.24, 2.45) is 0 Å². The largest absolute Gasteiger partial charge is 0.289 e. The summed E-state index contributed by atoms with van der Waals surface area (Å²) in [7, 11) is 0. The summed E-state index contributed by atoms with van der Waals surface area (Å²) < 4.78 is 19.2. The minimum absolute atomic E-state index is 0.0915. The number of nitrogens with zero attached hydrogens (tertiary/aromatic N) is 1. The van der Waals surface area contributed by atoms with Crippen LogP contribution >= 0.6 is 27.5 Å². The third-order valence-corrected chi connectivity index (χ3v) is 4.60. The summed E-state index contributed by atoms with van der Waals surface area (Å²) in [6.07, 6.45) is 0. The van der Waals surface area contributed by atoms with Gasteiger partial charge in [0.15, 0.2) is 5.75 Å². The van der Waals surface area contributed by atoms with E-state index in [9.17, 15) is 9.50 Å². The molecule has 3 aromatic rings. The lowest BCUT2D eigenvalue weighted by molar-refractivity contribution is 0.353. The molecule has 5 heteroatoms. The molecule has 0 spiro atoms. The smallest absolute Gasteiger partial charge is 0.194 e. The van der Waals surface area contributed by atoms with Gasteiger partial charge in [0, 0.05) is 10.9 Å². The highest BCUT2D eigenvalue weighted by Crippen LogP contribution is 2.40. The van der Waals surface area contributed by atoms with Crippen LogP contribution in [-0.4, -0.2) is 4.37 Å². The molecule has 0 aliphatic rings. The molecule has 0 saturated heterocycles. The molecule has 0 aliphatic carbocycles. The zero-order chi connectivity index (χ0) is 12.7. The summed E-state index contributed by atoms with van der Waals surface area (Å²) in [5.41, 5.74) is 1.03. The quantitative estimate of drug-likeness (QED) is 0.620. The molecule has 0 N–H and O–H groups in total. The molecular weight excluding hydrogens is 317 g/mol. The van der Waals surface area contributed by atoms with E-state index in [0.717, 1.165) is 10.1 Å². The third-order valence-electron chi connectivity index (χ3n) is 2.67. The Labute approximate surface area is 115 Å². The summed E-state index contributed by atoms with van der Waals surface area (Å²) in [5, 5.41) is 12.3. The first-order chi connectivity index (χ1) is 8.68. The van der Waals surface area contributed by atoms with E-state index in [0.29, 0.717) is 15.7 Å². The molecule has 3 rings (SSSR count). The van der Waals surface area contributed by atoms with Crippen molar-refractivity contribution < 1.29 is 9.50 Å². The molecule has 0 unspecified atom stereocenters. The molecule has 0 bridgehead atoms. The van der Waals surface area contributed by atoms with Crippen molar-refractivity contribution in [2.75, 3.05) is 0 Å². The van der Waals surface area contributed by atoms with Crippen LogP contribution in [0.15, 0.2) is 40.9 Å². The number of hydrogen-bond acceptors (Lipinski definition) is 2. The van der Waals surface area contributed by atoms with Crippen LogP contribution in [-0.2, 0) is 5.11 Å². The van der Waals surface area contributed by atoms with E-state index in [4.69, 9.17) is 0 Å². The van der Waals surface area contributed by atoms with Crippen molar-refractivity contribution in [2.45, 2.75) is 0 Å². The van der Waals surface area contributed by atoms with Crippen molar-refractivity contribution in [3.63, 3.8) is 0 Å². The monoisotopic (exact) mass is 322 g/mol. The Kier molecular flexibility index (Phi) is 2.80. The Morgan fingerprint density at radius 2 is 1.94 bits per heavy atom. The second kappa shape index (κ2) is 4.33. The molecule has 89 valence electrons. The summed E-state index contributed by atoms with van der Waals surface area (Å²) >= 11 is 4.44. The first-order valence-electron chi connectivity index (χ1n) is 5.18. The van der Waals surface area contributed by atoms with Crippen molar-refractivity contribution in [3.8, 4) is 17.0 Å². The summed E-state index contributed by atoms with van der Waals surface area (Å²) in [6, 6.07) is 9.64. The number of hydrogen-bond donors (Lipinski definition) is 0. The first kappa shape index (κ1) is 11.6. The molecule has 0 atom stereocenters. The van der Waals surface area contributed by atoms with Gasteiger partial charge in [0.1, 0.15) is 5.82 Å². The molecular formula is C13H6BrFNOS. The fourth-order valence-corrected chi connectivity index (χ4v) is 3.19. The molecule has 0 aliphatic heterocycles. The lowest BCUT2D eigenvalue weighted by Crippen LogP contribution is -1.83. The minimum atomic E-state index is -0.313. The van der Waals surface area contributed by atoms with Crippen molar-refractivity contribution in [1.29, 1.82) is 0 Å². The van der Waals surface area contributed by atoms with Crippen molar-refractivity contribution >= 4 is 37.5 Å². The molecule has 0 fully saturated rings. The lowest BCUT2D eigenvalue weighted by Gasteiger charge is -2.00. The summed E-state index contributed by atoms with van der Waals surface area (Å²) in [4.78, 5) is 0. The molecule has 1 heterocycles. The van der Waals surface area contributed by atoms with Gasteiger partial charge < -0.3 is 0 Å².